The molecule has 0 saturated carbocycles. The molecule has 0 radical (unpaired) electrons. The van der Waals surface area contributed by atoms with E-state index in [9.17, 15) is 4.79 Å². The maximum absolute atomic E-state index is 12.2. The van der Waals surface area contributed by atoms with Crippen molar-refractivity contribution in [2.75, 3.05) is 0 Å². The van der Waals surface area contributed by atoms with Gasteiger partial charge in [-0.25, -0.2) is 5.43 Å². The lowest BCUT2D eigenvalue weighted by Gasteiger charge is -2.06. The van der Waals surface area contributed by atoms with E-state index in [1.165, 1.54) is 17.0 Å². The number of carbonyl (C=O) groups excluding carboxylic acids is 1. The van der Waals surface area contributed by atoms with Gasteiger partial charge in [-0.1, -0.05) is 65.7 Å². The fourth-order valence-corrected chi connectivity index (χ4v) is 3.75. The highest BCUT2D eigenvalue weighted by atomic mass is 35.5. The van der Waals surface area contributed by atoms with Gasteiger partial charge in [0.2, 0.25) is 5.91 Å². The molecule has 0 saturated heterocycles. The first-order valence-electron chi connectivity index (χ1n) is 8.86. The summed E-state index contributed by atoms with van der Waals surface area (Å²) >= 11 is 12.0. The van der Waals surface area contributed by atoms with Crippen LogP contribution >= 0.6 is 23.2 Å². The Morgan fingerprint density at radius 3 is 2.25 bits per heavy atom. The first kappa shape index (κ1) is 18.5. The quantitative estimate of drug-likeness (QED) is 0.336. The van der Waals surface area contributed by atoms with E-state index in [1.807, 2.05) is 24.3 Å². The Morgan fingerprint density at radius 1 is 0.964 bits per heavy atom. The summed E-state index contributed by atoms with van der Waals surface area (Å²) in [6, 6.07) is 21.6. The molecule has 0 aliphatic carbocycles. The van der Waals surface area contributed by atoms with Crippen molar-refractivity contribution in [1.82, 2.24) is 9.99 Å². The molecule has 0 fully saturated rings. The van der Waals surface area contributed by atoms with Crippen molar-refractivity contribution in [3.63, 3.8) is 0 Å². The Balaban J connectivity index is 1.47. The molecule has 0 unspecified atom stereocenters. The number of nitrogens with zero attached hydrogens (tertiary/aromatic N) is 2. The highest BCUT2D eigenvalue weighted by molar-refractivity contribution is 6.36. The van der Waals surface area contributed by atoms with Gasteiger partial charge in [-0.05, 0) is 24.3 Å². The van der Waals surface area contributed by atoms with Gasteiger partial charge in [-0.3, -0.25) is 4.79 Å². The predicted molar refractivity (Wildman–Crippen MR) is 116 cm³/mol. The van der Waals surface area contributed by atoms with Gasteiger partial charge in [0.15, 0.2) is 0 Å². The van der Waals surface area contributed by atoms with Gasteiger partial charge in [-0.2, -0.15) is 5.10 Å². The number of para-hydroxylation sites is 2. The highest BCUT2D eigenvalue weighted by Crippen LogP contribution is 2.28. The zero-order chi connectivity index (χ0) is 19.5. The molecule has 4 rings (SSSR count). The number of aryl methyl sites for hydroxylation is 1. The van der Waals surface area contributed by atoms with Crippen LogP contribution in [0.1, 0.15) is 12.0 Å². The number of aromatic nitrogens is 1. The second-order valence-corrected chi connectivity index (χ2v) is 7.24. The van der Waals surface area contributed by atoms with Crippen LogP contribution in [0.4, 0.5) is 0 Å². The topological polar surface area (TPSA) is 46.4 Å². The van der Waals surface area contributed by atoms with Crippen LogP contribution in [0.25, 0.3) is 21.8 Å². The smallest absolute Gasteiger partial charge is 0.241 e. The molecule has 1 N–H and O–H groups in total. The standard InChI is InChI=1S/C22H17Cl2N3O/c23-16-10-9-15(19(24)13-16)14-25-26-22(28)11-12-27-20-7-3-1-5-17(20)18-6-2-4-8-21(18)27/h1-10,13-14H,11-12H2,(H,26,28)/b25-14-. The average Bonchev–Trinajstić information content (AvgIpc) is 3.02. The monoisotopic (exact) mass is 409 g/mol. The number of hydrogen-bond donors (Lipinski definition) is 1. The Morgan fingerprint density at radius 2 is 1.61 bits per heavy atom. The van der Waals surface area contributed by atoms with E-state index in [1.54, 1.807) is 18.2 Å². The van der Waals surface area contributed by atoms with Crippen LogP contribution in [-0.2, 0) is 11.3 Å². The molecule has 0 bridgehead atoms. The molecule has 28 heavy (non-hydrogen) atoms. The minimum Gasteiger partial charge on any atom is -0.340 e. The number of carbonyl (C=O) groups is 1. The summed E-state index contributed by atoms with van der Waals surface area (Å²) < 4.78 is 2.17. The molecule has 3 aromatic carbocycles. The van der Waals surface area contributed by atoms with Gasteiger partial charge < -0.3 is 4.57 Å². The fraction of sp³-hybridized carbons (Fsp3) is 0.0909. The summed E-state index contributed by atoms with van der Waals surface area (Å²) in [5.41, 5.74) is 5.48. The third-order valence-electron chi connectivity index (χ3n) is 4.60. The Kier molecular flexibility index (Phi) is 5.33. The maximum atomic E-state index is 12.2. The molecule has 0 aliphatic rings. The van der Waals surface area contributed by atoms with Crippen molar-refractivity contribution in [1.29, 1.82) is 0 Å². The number of rotatable bonds is 5. The van der Waals surface area contributed by atoms with Crippen molar-refractivity contribution in [3.05, 3.63) is 82.3 Å². The average molecular weight is 410 g/mol. The fourth-order valence-electron chi connectivity index (χ4n) is 3.29. The molecule has 6 heteroatoms. The van der Waals surface area contributed by atoms with Crippen molar-refractivity contribution < 1.29 is 4.79 Å². The summed E-state index contributed by atoms with van der Waals surface area (Å²) in [7, 11) is 0. The summed E-state index contributed by atoms with van der Waals surface area (Å²) in [6.07, 6.45) is 1.82. The number of benzene rings is 3. The first-order valence-corrected chi connectivity index (χ1v) is 9.62. The van der Waals surface area contributed by atoms with E-state index < -0.39 is 0 Å². The molecule has 0 spiro atoms. The number of hydrogen-bond acceptors (Lipinski definition) is 2. The van der Waals surface area contributed by atoms with E-state index in [0.717, 1.165) is 11.0 Å². The molecule has 0 aliphatic heterocycles. The van der Waals surface area contributed by atoms with Crippen molar-refractivity contribution in [2.24, 2.45) is 5.10 Å². The Hall–Kier alpha value is -2.82. The van der Waals surface area contributed by atoms with Crippen LogP contribution in [0.5, 0.6) is 0 Å². The van der Waals surface area contributed by atoms with Gasteiger partial charge in [0.1, 0.15) is 0 Å². The lowest BCUT2D eigenvalue weighted by molar-refractivity contribution is -0.121. The predicted octanol–water partition coefficient (Wildman–Crippen LogP) is 5.64. The van der Waals surface area contributed by atoms with Crippen LogP contribution in [0.2, 0.25) is 10.0 Å². The van der Waals surface area contributed by atoms with Crippen molar-refractivity contribution >= 4 is 57.1 Å². The van der Waals surface area contributed by atoms with Crippen LogP contribution in [0, 0.1) is 0 Å². The number of hydrazone groups is 1. The number of fused-ring (bicyclic) bond motifs is 3. The van der Waals surface area contributed by atoms with Gasteiger partial charge in [0.05, 0.1) is 11.2 Å². The zero-order valence-electron chi connectivity index (χ0n) is 14.9. The second-order valence-electron chi connectivity index (χ2n) is 6.39. The third kappa shape index (κ3) is 3.75. The summed E-state index contributed by atoms with van der Waals surface area (Å²) in [5.74, 6) is -0.164. The summed E-state index contributed by atoms with van der Waals surface area (Å²) in [6.45, 7) is 0.567. The largest absolute Gasteiger partial charge is 0.340 e. The molecular weight excluding hydrogens is 393 g/mol. The normalized spacial score (nSPS) is 11.5. The first-order chi connectivity index (χ1) is 13.6. The van der Waals surface area contributed by atoms with E-state index in [-0.39, 0.29) is 5.91 Å². The molecule has 0 atom stereocenters. The molecular formula is C22H17Cl2N3O. The number of nitrogens with one attached hydrogen (secondary N) is 1. The van der Waals surface area contributed by atoms with Crippen molar-refractivity contribution in [3.8, 4) is 0 Å². The SMILES string of the molecule is O=C(CCn1c2ccccc2c2ccccc21)N/N=C\c1ccc(Cl)cc1Cl. The zero-order valence-corrected chi connectivity index (χ0v) is 16.4. The molecule has 4 nitrogen and oxygen atoms in total. The second kappa shape index (κ2) is 8.05. The number of amides is 1. The molecule has 1 aromatic heterocycles. The van der Waals surface area contributed by atoms with Gasteiger partial charge >= 0.3 is 0 Å². The lowest BCUT2D eigenvalue weighted by atomic mass is 10.2. The van der Waals surface area contributed by atoms with Crippen molar-refractivity contribution in [2.45, 2.75) is 13.0 Å². The lowest BCUT2D eigenvalue weighted by Crippen LogP contribution is -2.19. The van der Waals surface area contributed by atoms with Crippen LogP contribution in [-0.4, -0.2) is 16.7 Å². The maximum Gasteiger partial charge on any atom is 0.241 e. The van der Waals surface area contributed by atoms with Gasteiger partial charge in [-0.15, -0.1) is 0 Å². The van der Waals surface area contributed by atoms with Crippen LogP contribution in [0.3, 0.4) is 0 Å². The molecule has 4 aromatic rings. The van der Waals surface area contributed by atoms with E-state index in [4.69, 9.17) is 23.2 Å². The summed E-state index contributed by atoms with van der Waals surface area (Å²) in [4.78, 5) is 12.2. The van der Waals surface area contributed by atoms with Gasteiger partial charge in [0, 0.05) is 45.4 Å². The summed E-state index contributed by atoms with van der Waals surface area (Å²) in [5, 5.41) is 7.41. The number of halogens is 2. The van der Waals surface area contributed by atoms with E-state index in [2.05, 4.69) is 39.4 Å². The minimum absolute atomic E-state index is 0.164. The van der Waals surface area contributed by atoms with Crippen LogP contribution in [0.15, 0.2) is 71.8 Å². The van der Waals surface area contributed by atoms with Gasteiger partial charge in [0.25, 0.3) is 0 Å². The minimum atomic E-state index is -0.164. The molecule has 1 heterocycles. The Labute approximate surface area is 172 Å². The van der Waals surface area contributed by atoms with E-state index >= 15 is 0 Å². The molecule has 1 amide bonds. The highest BCUT2D eigenvalue weighted by Gasteiger charge is 2.10. The van der Waals surface area contributed by atoms with Crippen LogP contribution < -0.4 is 5.43 Å². The Bertz CT molecular complexity index is 1140. The molecule has 140 valence electrons. The van der Waals surface area contributed by atoms with E-state index in [0.29, 0.717) is 28.6 Å². The third-order valence-corrected chi connectivity index (χ3v) is 5.16.